The Bertz CT molecular complexity index is 1020. The van der Waals surface area contributed by atoms with Crippen molar-refractivity contribution in [2.45, 2.75) is 26.8 Å². The highest BCUT2D eigenvalue weighted by Gasteiger charge is 2.16. The van der Waals surface area contributed by atoms with Crippen molar-refractivity contribution in [2.75, 3.05) is 11.9 Å². The lowest BCUT2D eigenvalue weighted by Crippen LogP contribution is -2.33. The van der Waals surface area contributed by atoms with Crippen LogP contribution in [0.1, 0.15) is 45.6 Å². The number of anilines is 1. The van der Waals surface area contributed by atoms with Gasteiger partial charge in [-0.3, -0.25) is 0 Å². The van der Waals surface area contributed by atoms with Crippen molar-refractivity contribution in [3.63, 3.8) is 0 Å². The molecule has 0 unspecified atom stereocenters. The molecule has 3 rings (SSSR count). The third-order valence-electron chi connectivity index (χ3n) is 4.82. The number of carbonyl (C=O) groups excluding carboxylic acids is 1. The topological polar surface area (TPSA) is 50.4 Å². The van der Waals surface area contributed by atoms with Gasteiger partial charge in [0.15, 0.2) is 5.11 Å². The molecule has 0 spiro atoms. The molecule has 0 saturated heterocycles. The van der Waals surface area contributed by atoms with Crippen LogP contribution in [0.4, 0.5) is 5.69 Å². The van der Waals surface area contributed by atoms with Gasteiger partial charge in [0.2, 0.25) is 0 Å². The second-order valence-corrected chi connectivity index (χ2v) is 7.51. The van der Waals surface area contributed by atoms with Crippen molar-refractivity contribution in [2.24, 2.45) is 0 Å². The van der Waals surface area contributed by atoms with Crippen molar-refractivity contribution in [3.8, 4) is 0 Å². The number of benzene rings is 3. The predicted molar refractivity (Wildman–Crippen MR) is 126 cm³/mol. The molecule has 0 aliphatic rings. The smallest absolute Gasteiger partial charge is 0.338 e. The van der Waals surface area contributed by atoms with Crippen LogP contribution >= 0.6 is 12.2 Å². The maximum Gasteiger partial charge on any atom is 0.338 e. The van der Waals surface area contributed by atoms with Gasteiger partial charge in [0.1, 0.15) is 0 Å². The van der Waals surface area contributed by atoms with Crippen molar-refractivity contribution >= 4 is 29.0 Å². The van der Waals surface area contributed by atoms with Crippen LogP contribution in [-0.2, 0) is 4.74 Å². The molecule has 5 heteroatoms. The standard InChI is InChI=1S/C25H26N2O2S/c1-4-29-24(28)21-15-12-18(3)22(16-21)26-25(30)27-23(19-8-6-5-7-9-19)20-13-10-17(2)11-14-20/h5-16,23H,4H2,1-3H3,(H2,26,27,30)/t23-/m0/s1. The summed E-state index contributed by atoms with van der Waals surface area (Å²) in [7, 11) is 0. The van der Waals surface area contributed by atoms with Gasteiger partial charge in [-0.05, 0) is 61.8 Å². The Morgan fingerprint density at radius 1 is 0.967 bits per heavy atom. The summed E-state index contributed by atoms with van der Waals surface area (Å²) >= 11 is 5.62. The van der Waals surface area contributed by atoms with Crippen LogP contribution in [0.15, 0.2) is 72.8 Å². The normalized spacial score (nSPS) is 11.4. The van der Waals surface area contributed by atoms with E-state index in [0.29, 0.717) is 17.3 Å². The first-order valence-corrected chi connectivity index (χ1v) is 10.4. The van der Waals surface area contributed by atoms with Gasteiger partial charge in [-0.1, -0.05) is 66.2 Å². The Labute approximate surface area is 183 Å². The Kier molecular flexibility index (Phi) is 7.20. The number of aryl methyl sites for hydroxylation is 2. The van der Waals surface area contributed by atoms with Crippen LogP contribution in [0, 0.1) is 13.8 Å². The molecule has 0 radical (unpaired) electrons. The van der Waals surface area contributed by atoms with Crippen molar-refractivity contribution in [1.29, 1.82) is 0 Å². The SMILES string of the molecule is CCOC(=O)c1ccc(C)c(NC(=S)N[C@@H](c2ccccc2)c2ccc(C)cc2)c1. The zero-order valence-corrected chi connectivity index (χ0v) is 18.3. The van der Waals surface area contributed by atoms with Crippen molar-refractivity contribution in [1.82, 2.24) is 5.32 Å². The van der Waals surface area contributed by atoms with Crippen LogP contribution < -0.4 is 10.6 Å². The van der Waals surface area contributed by atoms with Gasteiger partial charge in [-0.15, -0.1) is 0 Å². The molecule has 0 amide bonds. The van der Waals surface area contributed by atoms with Gasteiger partial charge < -0.3 is 15.4 Å². The fraction of sp³-hybridized carbons (Fsp3) is 0.200. The number of nitrogens with one attached hydrogen (secondary N) is 2. The molecule has 3 aromatic rings. The Balaban J connectivity index is 1.82. The number of thiocarbonyl (C=S) groups is 1. The lowest BCUT2D eigenvalue weighted by Gasteiger charge is -2.23. The fourth-order valence-electron chi connectivity index (χ4n) is 3.15. The molecule has 2 N–H and O–H groups in total. The molecule has 154 valence electrons. The Hall–Kier alpha value is -3.18. The number of hydrogen-bond acceptors (Lipinski definition) is 3. The first-order chi connectivity index (χ1) is 14.5. The highest BCUT2D eigenvalue weighted by atomic mass is 32.1. The molecule has 1 atom stereocenters. The maximum atomic E-state index is 12.1. The maximum absolute atomic E-state index is 12.1. The average Bonchev–Trinajstić information content (AvgIpc) is 2.75. The largest absolute Gasteiger partial charge is 0.462 e. The molecule has 0 saturated carbocycles. The molecular weight excluding hydrogens is 392 g/mol. The van der Waals surface area contributed by atoms with E-state index in [9.17, 15) is 4.79 Å². The van der Waals surface area contributed by atoms with Gasteiger partial charge in [-0.2, -0.15) is 0 Å². The summed E-state index contributed by atoms with van der Waals surface area (Å²) in [6, 6.07) is 23.9. The van der Waals surface area contributed by atoms with Crippen LogP contribution in [0.2, 0.25) is 0 Å². The van der Waals surface area contributed by atoms with Crippen LogP contribution in [0.5, 0.6) is 0 Å². The highest BCUT2D eigenvalue weighted by Crippen LogP contribution is 2.23. The highest BCUT2D eigenvalue weighted by molar-refractivity contribution is 7.80. The monoisotopic (exact) mass is 418 g/mol. The second kappa shape index (κ2) is 10.0. The predicted octanol–water partition coefficient (Wildman–Crippen LogP) is 5.56. The molecule has 0 aromatic heterocycles. The summed E-state index contributed by atoms with van der Waals surface area (Å²) < 4.78 is 5.10. The van der Waals surface area contributed by atoms with Crippen LogP contribution in [-0.4, -0.2) is 17.7 Å². The Morgan fingerprint density at radius 2 is 1.63 bits per heavy atom. The average molecular weight is 419 g/mol. The molecule has 0 bridgehead atoms. The second-order valence-electron chi connectivity index (χ2n) is 7.10. The third-order valence-corrected chi connectivity index (χ3v) is 5.04. The number of rotatable bonds is 6. The lowest BCUT2D eigenvalue weighted by molar-refractivity contribution is 0.0526. The van der Waals surface area contributed by atoms with E-state index in [1.54, 1.807) is 19.1 Å². The van der Waals surface area contributed by atoms with E-state index in [1.165, 1.54) is 5.56 Å². The molecule has 0 heterocycles. The summed E-state index contributed by atoms with van der Waals surface area (Å²) in [6.07, 6.45) is 0. The number of ether oxygens (including phenoxy) is 1. The minimum Gasteiger partial charge on any atom is -0.462 e. The zero-order chi connectivity index (χ0) is 21.5. The van der Waals surface area contributed by atoms with Gasteiger partial charge in [0.25, 0.3) is 0 Å². The molecular formula is C25H26N2O2S. The van der Waals surface area contributed by atoms with Gasteiger partial charge in [-0.25, -0.2) is 4.79 Å². The van der Waals surface area contributed by atoms with Crippen molar-refractivity contribution < 1.29 is 9.53 Å². The molecule has 0 aliphatic heterocycles. The van der Waals surface area contributed by atoms with E-state index in [4.69, 9.17) is 17.0 Å². The fourth-order valence-corrected chi connectivity index (χ4v) is 3.38. The van der Waals surface area contributed by atoms with E-state index < -0.39 is 0 Å². The van der Waals surface area contributed by atoms with Crippen LogP contribution in [0.25, 0.3) is 0 Å². The summed E-state index contributed by atoms with van der Waals surface area (Å²) in [5.41, 5.74) is 5.69. The van der Waals surface area contributed by atoms with Gasteiger partial charge in [0, 0.05) is 5.69 Å². The van der Waals surface area contributed by atoms with E-state index in [2.05, 4.69) is 54.0 Å². The number of esters is 1. The Morgan fingerprint density at radius 3 is 2.30 bits per heavy atom. The quantitative estimate of drug-likeness (QED) is 0.406. The molecule has 0 fully saturated rings. The summed E-state index contributed by atoms with van der Waals surface area (Å²) in [5, 5.41) is 7.14. The van der Waals surface area contributed by atoms with E-state index in [0.717, 1.165) is 22.4 Å². The summed E-state index contributed by atoms with van der Waals surface area (Å²) in [4.78, 5) is 12.1. The molecule has 4 nitrogen and oxygen atoms in total. The van der Waals surface area contributed by atoms with E-state index >= 15 is 0 Å². The summed E-state index contributed by atoms with van der Waals surface area (Å²) in [5.74, 6) is -0.346. The number of hydrogen-bond donors (Lipinski definition) is 2. The lowest BCUT2D eigenvalue weighted by atomic mass is 9.98. The third kappa shape index (κ3) is 5.45. The van der Waals surface area contributed by atoms with Crippen molar-refractivity contribution in [3.05, 3.63) is 101 Å². The van der Waals surface area contributed by atoms with Gasteiger partial charge in [0.05, 0.1) is 18.2 Å². The molecule has 0 aliphatic carbocycles. The molecule has 3 aromatic carbocycles. The minimum atomic E-state index is -0.346. The van der Waals surface area contributed by atoms with E-state index in [-0.39, 0.29) is 12.0 Å². The first-order valence-electron chi connectivity index (χ1n) is 9.94. The first kappa shape index (κ1) is 21.5. The van der Waals surface area contributed by atoms with E-state index in [1.807, 2.05) is 31.2 Å². The van der Waals surface area contributed by atoms with Gasteiger partial charge >= 0.3 is 5.97 Å². The zero-order valence-electron chi connectivity index (χ0n) is 17.4. The minimum absolute atomic E-state index is 0.0969. The van der Waals surface area contributed by atoms with Crippen LogP contribution in [0.3, 0.4) is 0 Å². The summed E-state index contributed by atoms with van der Waals surface area (Å²) in [6.45, 7) is 6.17. The molecule has 30 heavy (non-hydrogen) atoms. The number of carbonyl (C=O) groups is 1.